The van der Waals surface area contributed by atoms with E-state index in [4.69, 9.17) is 0 Å². The van der Waals surface area contributed by atoms with Gasteiger partial charge in [-0.1, -0.05) is 37.7 Å². The van der Waals surface area contributed by atoms with Gasteiger partial charge in [0.2, 0.25) is 15.9 Å². The maximum atomic E-state index is 12.9. The molecule has 0 saturated carbocycles. The Morgan fingerprint density at radius 3 is 2.52 bits per heavy atom. The zero-order valence-corrected chi connectivity index (χ0v) is 18.9. The molecule has 11 heteroatoms. The van der Waals surface area contributed by atoms with Crippen LogP contribution in [0.3, 0.4) is 0 Å². The van der Waals surface area contributed by atoms with E-state index in [-0.39, 0.29) is 22.4 Å². The Morgan fingerprint density at radius 1 is 1.13 bits per heavy atom. The smallest absolute Gasteiger partial charge is 0.244 e. The normalized spacial score (nSPS) is 11.9. The van der Waals surface area contributed by atoms with E-state index in [1.54, 1.807) is 36.4 Å². The van der Waals surface area contributed by atoms with Crippen LogP contribution in [0.1, 0.15) is 19.4 Å². The van der Waals surface area contributed by atoms with E-state index in [1.807, 2.05) is 0 Å². The van der Waals surface area contributed by atoms with Gasteiger partial charge in [-0.2, -0.15) is 4.31 Å². The van der Waals surface area contributed by atoms with Crippen LogP contribution in [-0.2, 0) is 21.2 Å². The van der Waals surface area contributed by atoms with Crippen LogP contribution in [0.15, 0.2) is 52.6 Å². The van der Waals surface area contributed by atoms with Gasteiger partial charge in [0.05, 0.1) is 10.6 Å². The fraction of sp³-hybridized carbons (Fsp3) is 0.350. The maximum Gasteiger partial charge on any atom is 0.244 e. The first-order valence-electron chi connectivity index (χ1n) is 9.84. The molecule has 1 amide bonds. The molecule has 3 aromatic rings. The number of carbonyl (C=O) groups excluding carboxylic acids is 1. The topological polar surface area (TPSA) is 96.7 Å². The quantitative estimate of drug-likeness (QED) is 0.462. The molecule has 0 aliphatic rings. The number of pyridine rings is 1. The van der Waals surface area contributed by atoms with E-state index in [1.165, 1.54) is 40.5 Å². The molecule has 2 heterocycles. The molecule has 0 spiro atoms. The number of thioether (sulfide) groups is 1. The van der Waals surface area contributed by atoms with Gasteiger partial charge >= 0.3 is 0 Å². The fourth-order valence-corrected chi connectivity index (χ4v) is 5.20. The molecular weight excluding hydrogens is 441 g/mol. The third-order valence-electron chi connectivity index (χ3n) is 4.67. The van der Waals surface area contributed by atoms with Crippen molar-refractivity contribution in [3.63, 3.8) is 0 Å². The lowest BCUT2D eigenvalue weighted by atomic mass is 10.1. The van der Waals surface area contributed by atoms with Crippen LogP contribution in [0.5, 0.6) is 0 Å². The third kappa shape index (κ3) is 5.60. The van der Waals surface area contributed by atoms with Crippen LogP contribution < -0.4 is 5.32 Å². The lowest BCUT2D eigenvalue weighted by molar-refractivity contribution is -0.118. The van der Waals surface area contributed by atoms with Crippen LogP contribution in [0.25, 0.3) is 5.65 Å². The summed E-state index contributed by atoms with van der Waals surface area (Å²) in [6.07, 6.45) is 2.08. The van der Waals surface area contributed by atoms with Gasteiger partial charge in [0.25, 0.3) is 0 Å². The summed E-state index contributed by atoms with van der Waals surface area (Å²) in [6, 6.07) is 9.24. The number of sulfonamides is 1. The van der Waals surface area contributed by atoms with E-state index in [0.29, 0.717) is 36.9 Å². The van der Waals surface area contributed by atoms with Crippen molar-refractivity contribution in [1.29, 1.82) is 0 Å². The Bertz CT molecular complexity index is 1150. The van der Waals surface area contributed by atoms with Crippen LogP contribution in [0.2, 0.25) is 0 Å². The summed E-state index contributed by atoms with van der Waals surface area (Å²) in [6.45, 7) is 4.75. The Balaban J connectivity index is 1.62. The summed E-state index contributed by atoms with van der Waals surface area (Å²) in [4.78, 5) is 12.3. The van der Waals surface area contributed by atoms with Crippen molar-refractivity contribution < 1.29 is 17.6 Å². The predicted molar refractivity (Wildman–Crippen MR) is 117 cm³/mol. The summed E-state index contributed by atoms with van der Waals surface area (Å²) in [5.74, 6) is -0.370. The molecule has 2 aromatic heterocycles. The van der Waals surface area contributed by atoms with Crippen LogP contribution >= 0.6 is 11.8 Å². The molecule has 0 unspecified atom stereocenters. The minimum absolute atomic E-state index is 0.108. The Hall–Kier alpha value is -2.50. The van der Waals surface area contributed by atoms with Crippen LogP contribution in [0, 0.1) is 5.82 Å². The molecule has 8 nitrogen and oxygen atoms in total. The van der Waals surface area contributed by atoms with E-state index >= 15 is 0 Å². The van der Waals surface area contributed by atoms with E-state index in [2.05, 4.69) is 15.5 Å². The zero-order valence-electron chi connectivity index (χ0n) is 17.3. The lowest BCUT2D eigenvalue weighted by Gasteiger charge is -2.18. The number of amides is 1. The lowest BCUT2D eigenvalue weighted by Crippen LogP contribution is -2.30. The molecule has 0 fully saturated rings. The van der Waals surface area contributed by atoms with Gasteiger partial charge in [-0.3, -0.25) is 9.20 Å². The second kappa shape index (κ2) is 10.2. The molecule has 0 saturated heterocycles. The largest absolute Gasteiger partial charge is 0.355 e. The summed E-state index contributed by atoms with van der Waals surface area (Å²) < 4.78 is 41.4. The summed E-state index contributed by atoms with van der Waals surface area (Å²) in [7, 11) is -3.61. The van der Waals surface area contributed by atoms with Gasteiger partial charge in [-0.15, -0.1) is 10.2 Å². The number of rotatable bonds is 10. The average Bonchev–Trinajstić information content (AvgIpc) is 3.16. The standard InChI is InChI=1S/C20H24FN5O3S2/c1-3-25(4-2)31(28,29)17-9-10-18-23-24-20(26(18)13-17)30-14-19(27)22-12-11-15-5-7-16(21)8-6-15/h5-10,13H,3-4,11-12,14H2,1-2H3,(H,22,27). The van der Waals surface area contributed by atoms with Gasteiger partial charge in [0.1, 0.15) is 5.82 Å². The van der Waals surface area contributed by atoms with Gasteiger partial charge in [-0.25, -0.2) is 12.8 Å². The first-order chi connectivity index (χ1) is 14.8. The first kappa shape index (κ1) is 23.2. The highest BCUT2D eigenvalue weighted by Crippen LogP contribution is 2.21. The number of carbonyl (C=O) groups is 1. The molecule has 0 radical (unpaired) electrons. The zero-order chi connectivity index (χ0) is 22.4. The highest BCUT2D eigenvalue weighted by Gasteiger charge is 2.23. The number of halogens is 1. The molecule has 1 N–H and O–H groups in total. The van der Waals surface area contributed by atoms with Crippen molar-refractivity contribution in [3.05, 3.63) is 54.0 Å². The van der Waals surface area contributed by atoms with E-state index < -0.39 is 10.0 Å². The van der Waals surface area contributed by atoms with E-state index in [9.17, 15) is 17.6 Å². The maximum absolute atomic E-state index is 12.9. The van der Waals surface area contributed by atoms with Crippen molar-refractivity contribution in [2.45, 2.75) is 30.3 Å². The minimum atomic E-state index is -3.61. The predicted octanol–water partition coefficient (Wildman–Crippen LogP) is 2.35. The molecule has 1 aromatic carbocycles. The molecule has 0 aliphatic heterocycles. The molecular formula is C20H24FN5O3S2. The number of nitrogens with one attached hydrogen (secondary N) is 1. The highest BCUT2D eigenvalue weighted by atomic mass is 32.2. The molecule has 3 rings (SSSR count). The second-order valence-corrected chi connectivity index (χ2v) is 9.56. The molecule has 31 heavy (non-hydrogen) atoms. The Kier molecular flexibility index (Phi) is 7.63. The molecule has 166 valence electrons. The number of benzene rings is 1. The number of hydrogen-bond donors (Lipinski definition) is 1. The summed E-state index contributed by atoms with van der Waals surface area (Å²) in [5.41, 5.74) is 1.43. The minimum Gasteiger partial charge on any atom is -0.355 e. The van der Waals surface area contributed by atoms with E-state index in [0.717, 1.165) is 5.56 Å². The van der Waals surface area contributed by atoms with Gasteiger partial charge in [0.15, 0.2) is 10.8 Å². The summed E-state index contributed by atoms with van der Waals surface area (Å²) in [5, 5.41) is 11.3. The van der Waals surface area contributed by atoms with Crippen molar-refractivity contribution in [2.24, 2.45) is 0 Å². The fourth-order valence-electron chi connectivity index (χ4n) is 2.99. The van der Waals surface area contributed by atoms with Gasteiger partial charge < -0.3 is 5.32 Å². The summed E-state index contributed by atoms with van der Waals surface area (Å²) >= 11 is 1.17. The van der Waals surface area contributed by atoms with Gasteiger partial charge in [-0.05, 0) is 36.2 Å². The monoisotopic (exact) mass is 465 g/mol. The SMILES string of the molecule is CCN(CC)S(=O)(=O)c1ccc2nnc(SCC(=O)NCCc3ccc(F)cc3)n2c1. The van der Waals surface area contributed by atoms with Crippen molar-refractivity contribution in [2.75, 3.05) is 25.4 Å². The number of nitrogens with zero attached hydrogens (tertiary/aromatic N) is 4. The number of aromatic nitrogens is 3. The van der Waals surface area contributed by atoms with Crippen LogP contribution in [0.4, 0.5) is 4.39 Å². The molecule has 0 atom stereocenters. The first-order valence-corrected chi connectivity index (χ1v) is 12.3. The Morgan fingerprint density at radius 2 is 1.84 bits per heavy atom. The molecule has 0 aliphatic carbocycles. The number of hydrogen-bond acceptors (Lipinski definition) is 6. The Labute approximate surface area is 184 Å². The number of fused-ring (bicyclic) bond motifs is 1. The highest BCUT2D eigenvalue weighted by molar-refractivity contribution is 7.99. The second-order valence-electron chi connectivity index (χ2n) is 6.68. The van der Waals surface area contributed by atoms with Crippen LogP contribution in [-0.4, -0.2) is 58.6 Å². The van der Waals surface area contributed by atoms with Crippen molar-refractivity contribution in [3.8, 4) is 0 Å². The van der Waals surface area contributed by atoms with Gasteiger partial charge in [0, 0.05) is 25.8 Å². The van der Waals surface area contributed by atoms with Crippen molar-refractivity contribution >= 4 is 33.3 Å². The van der Waals surface area contributed by atoms with Crippen molar-refractivity contribution in [1.82, 2.24) is 24.2 Å². The average molecular weight is 466 g/mol. The molecule has 0 bridgehead atoms. The third-order valence-corrected chi connectivity index (χ3v) is 7.65.